The highest BCUT2D eigenvalue weighted by atomic mass is 35.5. The second kappa shape index (κ2) is 6.25. The highest BCUT2D eigenvalue weighted by molar-refractivity contribution is 6.31. The number of hydrogen-bond donors (Lipinski definition) is 0. The number of benzene rings is 3. The Bertz CT molecular complexity index is 1190. The molecule has 5 rings (SSSR count). The van der Waals surface area contributed by atoms with Crippen molar-refractivity contribution < 1.29 is 13.9 Å². The molecule has 1 aliphatic rings. The molecule has 27 heavy (non-hydrogen) atoms. The Hall–Kier alpha value is -3.11. The quantitative estimate of drug-likeness (QED) is 0.423. The fourth-order valence-electron chi connectivity index (χ4n) is 3.30. The van der Waals surface area contributed by atoms with Crippen LogP contribution >= 0.6 is 11.6 Å². The minimum Gasteiger partial charge on any atom is -0.454 e. The SMILES string of the molecule is Fc1ccccc1-c1cc(-c2ccc3c(c2)OCO3)nc2ccc(Cl)cc12. The van der Waals surface area contributed by atoms with Gasteiger partial charge in [-0.1, -0.05) is 29.8 Å². The molecular weight excluding hydrogens is 365 g/mol. The number of halogens is 2. The summed E-state index contributed by atoms with van der Waals surface area (Å²) in [5.74, 6) is 1.10. The number of ether oxygens (including phenoxy) is 2. The molecule has 4 aromatic rings. The number of aromatic nitrogens is 1. The van der Waals surface area contributed by atoms with Crippen molar-refractivity contribution in [3.8, 4) is 33.9 Å². The van der Waals surface area contributed by atoms with E-state index in [0.29, 0.717) is 22.1 Å². The fourth-order valence-corrected chi connectivity index (χ4v) is 3.48. The highest BCUT2D eigenvalue weighted by Crippen LogP contribution is 2.38. The molecule has 0 spiro atoms. The molecule has 132 valence electrons. The van der Waals surface area contributed by atoms with Crippen LogP contribution in [-0.2, 0) is 0 Å². The zero-order valence-electron chi connectivity index (χ0n) is 14.1. The lowest BCUT2D eigenvalue weighted by atomic mass is 9.98. The lowest BCUT2D eigenvalue weighted by Gasteiger charge is -2.12. The molecule has 0 aliphatic carbocycles. The first-order chi connectivity index (χ1) is 13.2. The van der Waals surface area contributed by atoms with Gasteiger partial charge >= 0.3 is 0 Å². The second-order valence-corrected chi connectivity index (χ2v) is 6.70. The fraction of sp³-hybridized carbons (Fsp3) is 0.0455. The van der Waals surface area contributed by atoms with E-state index in [1.807, 2.05) is 42.5 Å². The summed E-state index contributed by atoms with van der Waals surface area (Å²) in [6.07, 6.45) is 0. The Balaban J connectivity index is 1.78. The molecule has 0 unspecified atom stereocenters. The van der Waals surface area contributed by atoms with E-state index in [9.17, 15) is 4.39 Å². The zero-order valence-corrected chi connectivity index (χ0v) is 14.8. The standard InChI is InChI=1S/C22H13ClFNO2/c23-14-6-7-19-17(10-14)16(15-3-1-2-4-18(15)24)11-20(25-19)13-5-8-21-22(9-13)27-12-26-21/h1-11H,12H2. The number of nitrogens with zero attached hydrogens (tertiary/aromatic N) is 1. The van der Waals surface area contributed by atoms with Crippen LogP contribution in [0.15, 0.2) is 66.7 Å². The third kappa shape index (κ3) is 2.78. The van der Waals surface area contributed by atoms with E-state index >= 15 is 0 Å². The molecule has 0 amide bonds. The maximum absolute atomic E-state index is 14.5. The van der Waals surface area contributed by atoms with Crippen LogP contribution in [0.4, 0.5) is 4.39 Å². The first-order valence-electron chi connectivity index (χ1n) is 8.44. The van der Waals surface area contributed by atoms with Crippen molar-refractivity contribution in [2.24, 2.45) is 0 Å². The molecule has 3 nitrogen and oxygen atoms in total. The molecule has 0 bridgehead atoms. The van der Waals surface area contributed by atoms with Crippen molar-refractivity contribution in [1.29, 1.82) is 0 Å². The summed E-state index contributed by atoms with van der Waals surface area (Å²) in [5.41, 5.74) is 3.59. The molecular formula is C22H13ClFNO2. The predicted molar refractivity (Wildman–Crippen MR) is 104 cm³/mol. The van der Waals surface area contributed by atoms with Crippen molar-refractivity contribution in [1.82, 2.24) is 4.98 Å². The van der Waals surface area contributed by atoms with Crippen molar-refractivity contribution in [3.05, 3.63) is 77.6 Å². The Morgan fingerprint density at radius 1 is 0.852 bits per heavy atom. The van der Waals surface area contributed by atoms with Crippen LogP contribution in [-0.4, -0.2) is 11.8 Å². The predicted octanol–water partition coefficient (Wildman–Crippen LogP) is 6.09. The summed E-state index contributed by atoms with van der Waals surface area (Å²) < 4.78 is 25.4. The van der Waals surface area contributed by atoms with Gasteiger partial charge in [-0.05, 0) is 54.1 Å². The van der Waals surface area contributed by atoms with Gasteiger partial charge in [0.2, 0.25) is 6.79 Å². The summed E-state index contributed by atoms with van der Waals surface area (Å²) in [6.45, 7) is 0.211. The van der Waals surface area contributed by atoms with Gasteiger partial charge in [0.25, 0.3) is 0 Å². The van der Waals surface area contributed by atoms with Gasteiger partial charge in [0, 0.05) is 21.5 Å². The first-order valence-corrected chi connectivity index (χ1v) is 8.82. The van der Waals surface area contributed by atoms with Crippen LogP contribution < -0.4 is 9.47 Å². The summed E-state index contributed by atoms with van der Waals surface area (Å²) in [6, 6.07) is 19.7. The van der Waals surface area contributed by atoms with Crippen LogP contribution in [0.3, 0.4) is 0 Å². The van der Waals surface area contributed by atoms with Crippen LogP contribution in [0.1, 0.15) is 0 Å². The van der Waals surface area contributed by atoms with Gasteiger partial charge in [-0.15, -0.1) is 0 Å². The lowest BCUT2D eigenvalue weighted by Crippen LogP contribution is -1.93. The molecule has 0 atom stereocenters. The second-order valence-electron chi connectivity index (χ2n) is 6.26. The van der Waals surface area contributed by atoms with E-state index in [1.54, 1.807) is 18.2 Å². The number of rotatable bonds is 2. The number of fused-ring (bicyclic) bond motifs is 2. The van der Waals surface area contributed by atoms with Crippen molar-refractivity contribution in [2.75, 3.05) is 6.79 Å². The van der Waals surface area contributed by atoms with E-state index in [0.717, 1.165) is 27.7 Å². The zero-order chi connectivity index (χ0) is 18.4. The molecule has 1 aromatic heterocycles. The van der Waals surface area contributed by atoms with Crippen molar-refractivity contribution in [2.45, 2.75) is 0 Å². The molecule has 5 heteroatoms. The Labute approximate surface area is 160 Å². The average Bonchev–Trinajstić information content (AvgIpc) is 3.15. The summed E-state index contributed by atoms with van der Waals surface area (Å²) >= 11 is 6.19. The smallest absolute Gasteiger partial charge is 0.231 e. The van der Waals surface area contributed by atoms with Crippen LogP contribution in [0.5, 0.6) is 11.5 Å². The third-order valence-electron chi connectivity index (χ3n) is 4.60. The van der Waals surface area contributed by atoms with Gasteiger partial charge in [0.05, 0.1) is 11.2 Å². The molecule has 0 N–H and O–H groups in total. The normalized spacial score (nSPS) is 12.5. The van der Waals surface area contributed by atoms with E-state index in [1.165, 1.54) is 6.07 Å². The molecule has 0 saturated heterocycles. The van der Waals surface area contributed by atoms with Crippen molar-refractivity contribution >= 4 is 22.5 Å². The average molecular weight is 378 g/mol. The Morgan fingerprint density at radius 2 is 1.70 bits per heavy atom. The maximum atomic E-state index is 14.5. The molecule has 3 aromatic carbocycles. The van der Waals surface area contributed by atoms with E-state index < -0.39 is 0 Å². The Morgan fingerprint density at radius 3 is 2.59 bits per heavy atom. The topological polar surface area (TPSA) is 31.4 Å². The van der Waals surface area contributed by atoms with Gasteiger partial charge in [-0.25, -0.2) is 9.37 Å². The number of pyridine rings is 1. The lowest BCUT2D eigenvalue weighted by molar-refractivity contribution is 0.174. The summed E-state index contributed by atoms with van der Waals surface area (Å²) in [7, 11) is 0. The molecule has 0 saturated carbocycles. The highest BCUT2D eigenvalue weighted by Gasteiger charge is 2.17. The van der Waals surface area contributed by atoms with Gasteiger partial charge < -0.3 is 9.47 Å². The van der Waals surface area contributed by atoms with Gasteiger partial charge in [0.15, 0.2) is 11.5 Å². The van der Waals surface area contributed by atoms with E-state index in [2.05, 4.69) is 0 Å². The largest absolute Gasteiger partial charge is 0.454 e. The van der Waals surface area contributed by atoms with Gasteiger partial charge in [-0.2, -0.15) is 0 Å². The number of hydrogen-bond acceptors (Lipinski definition) is 3. The maximum Gasteiger partial charge on any atom is 0.231 e. The summed E-state index contributed by atoms with van der Waals surface area (Å²) in [4.78, 5) is 4.75. The van der Waals surface area contributed by atoms with Crippen molar-refractivity contribution in [3.63, 3.8) is 0 Å². The minimum absolute atomic E-state index is 0.211. The van der Waals surface area contributed by atoms with Crippen LogP contribution in [0.2, 0.25) is 5.02 Å². The van der Waals surface area contributed by atoms with Crippen LogP contribution in [0, 0.1) is 5.82 Å². The third-order valence-corrected chi connectivity index (χ3v) is 4.84. The van der Waals surface area contributed by atoms with Crippen LogP contribution in [0.25, 0.3) is 33.3 Å². The van der Waals surface area contributed by atoms with E-state index in [4.69, 9.17) is 26.1 Å². The molecule has 2 heterocycles. The molecule has 1 aliphatic heterocycles. The minimum atomic E-state index is -0.290. The van der Waals surface area contributed by atoms with E-state index in [-0.39, 0.29) is 12.6 Å². The van der Waals surface area contributed by atoms with Gasteiger partial charge in [-0.3, -0.25) is 0 Å². The monoisotopic (exact) mass is 377 g/mol. The molecule has 0 fully saturated rings. The molecule has 0 radical (unpaired) electrons. The first kappa shape index (κ1) is 16.1. The summed E-state index contributed by atoms with van der Waals surface area (Å²) in [5, 5.41) is 1.38. The Kier molecular flexibility index (Phi) is 3.73. The van der Waals surface area contributed by atoms with Gasteiger partial charge in [0.1, 0.15) is 5.82 Å².